The van der Waals surface area contributed by atoms with Crippen molar-refractivity contribution in [1.29, 1.82) is 0 Å². The first-order valence-electron chi connectivity index (χ1n) is 13.2. The number of imide groups is 1. The van der Waals surface area contributed by atoms with E-state index in [2.05, 4.69) is 18.7 Å². The lowest BCUT2D eigenvalue weighted by molar-refractivity contribution is -0.136. The largest absolute Gasteiger partial charge is 0.494 e. The van der Waals surface area contributed by atoms with Crippen molar-refractivity contribution in [3.63, 3.8) is 0 Å². The summed E-state index contributed by atoms with van der Waals surface area (Å²) in [6.07, 6.45) is 6.06. The Morgan fingerprint density at radius 2 is 1.63 bits per heavy atom. The summed E-state index contributed by atoms with van der Waals surface area (Å²) in [6, 6.07) is 12.9. The van der Waals surface area contributed by atoms with Gasteiger partial charge in [-0.3, -0.25) is 19.3 Å². The van der Waals surface area contributed by atoms with Gasteiger partial charge in [0.25, 0.3) is 11.8 Å². The van der Waals surface area contributed by atoms with Crippen LogP contribution in [0.25, 0.3) is 33.3 Å². The smallest absolute Gasteiger partial charge is 0.253 e. The summed E-state index contributed by atoms with van der Waals surface area (Å²) in [6.45, 7) is 6.97. The normalized spacial score (nSPS) is 13.4. The van der Waals surface area contributed by atoms with Gasteiger partial charge >= 0.3 is 0 Å². The van der Waals surface area contributed by atoms with Crippen LogP contribution in [0.5, 0.6) is 5.75 Å². The number of nitrogens with zero attached hydrogens (tertiary/aromatic N) is 3. The SMILES string of the molecule is CCN(CC)c1ccc2nc3c4cc(OCCCCCCN5C(=O)C=CC5=O)ccc4c(=O)cc-3oc2c1. The van der Waals surface area contributed by atoms with E-state index < -0.39 is 0 Å². The Morgan fingerprint density at radius 1 is 0.868 bits per heavy atom. The molecular formula is C30H31N3O5. The Labute approximate surface area is 220 Å². The van der Waals surface area contributed by atoms with E-state index in [0.29, 0.717) is 46.7 Å². The molecule has 0 saturated carbocycles. The Balaban J connectivity index is 1.27. The van der Waals surface area contributed by atoms with Crippen LogP contribution in [0.2, 0.25) is 0 Å². The van der Waals surface area contributed by atoms with Gasteiger partial charge in [-0.05, 0) is 57.0 Å². The lowest BCUT2D eigenvalue weighted by atomic mass is 10.0. The van der Waals surface area contributed by atoms with Gasteiger partial charge in [-0.15, -0.1) is 0 Å². The van der Waals surface area contributed by atoms with Crippen molar-refractivity contribution in [3.8, 4) is 17.2 Å². The van der Waals surface area contributed by atoms with Crippen molar-refractivity contribution in [2.75, 3.05) is 31.1 Å². The lowest BCUT2D eigenvalue weighted by Gasteiger charge is -2.21. The second-order valence-corrected chi connectivity index (χ2v) is 9.39. The molecule has 0 aromatic heterocycles. The fourth-order valence-corrected chi connectivity index (χ4v) is 4.88. The van der Waals surface area contributed by atoms with E-state index in [0.717, 1.165) is 50.0 Å². The van der Waals surface area contributed by atoms with Crippen molar-refractivity contribution in [2.45, 2.75) is 39.5 Å². The Morgan fingerprint density at radius 3 is 2.39 bits per heavy atom. The van der Waals surface area contributed by atoms with Crippen molar-refractivity contribution in [3.05, 3.63) is 64.8 Å². The number of benzene rings is 3. The molecule has 2 heterocycles. The highest BCUT2D eigenvalue weighted by atomic mass is 16.5. The average Bonchev–Trinajstić information content (AvgIpc) is 3.24. The minimum atomic E-state index is -0.233. The molecule has 1 aliphatic carbocycles. The first-order chi connectivity index (χ1) is 18.5. The number of amides is 2. The van der Waals surface area contributed by atoms with Crippen molar-refractivity contribution < 1.29 is 18.7 Å². The van der Waals surface area contributed by atoms with Crippen LogP contribution in [0.3, 0.4) is 0 Å². The van der Waals surface area contributed by atoms with Gasteiger partial charge in [0.2, 0.25) is 0 Å². The maximum Gasteiger partial charge on any atom is 0.253 e. The van der Waals surface area contributed by atoms with Gasteiger partial charge < -0.3 is 14.1 Å². The molecule has 0 atom stereocenters. The number of hydrogen-bond acceptors (Lipinski definition) is 7. The summed E-state index contributed by atoms with van der Waals surface area (Å²) < 4.78 is 12.1. The van der Waals surface area contributed by atoms with Crippen LogP contribution in [0.15, 0.2) is 63.8 Å². The zero-order valence-electron chi connectivity index (χ0n) is 21.7. The molecule has 2 aliphatic heterocycles. The number of rotatable bonds is 11. The van der Waals surface area contributed by atoms with Gasteiger partial charge in [-0.1, -0.05) is 12.8 Å². The second-order valence-electron chi connectivity index (χ2n) is 9.39. The van der Waals surface area contributed by atoms with Crippen LogP contribution in [-0.2, 0) is 9.59 Å². The molecule has 8 heteroatoms. The monoisotopic (exact) mass is 513 g/mol. The first-order valence-corrected chi connectivity index (χ1v) is 13.2. The van der Waals surface area contributed by atoms with Gasteiger partial charge in [0.1, 0.15) is 17.0 Å². The van der Waals surface area contributed by atoms with E-state index in [-0.39, 0.29) is 17.2 Å². The highest BCUT2D eigenvalue weighted by Crippen LogP contribution is 2.33. The average molecular weight is 514 g/mol. The third-order valence-corrected chi connectivity index (χ3v) is 6.98. The standard InChI is InChI=1S/C30H31N3O5/c1-3-32(4-2)20-9-12-24-26(17-20)38-27-19-25(34)22-11-10-21(18-23(22)30(27)31-24)37-16-8-6-5-7-15-33-28(35)13-14-29(33)36/h9-14,17-19H,3-8,15-16H2,1-2H3. The number of hydrogen-bond donors (Lipinski definition) is 0. The van der Waals surface area contributed by atoms with Gasteiger partial charge in [-0.2, -0.15) is 0 Å². The zero-order chi connectivity index (χ0) is 26.6. The maximum atomic E-state index is 12.8. The van der Waals surface area contributed by atoms with E-state index >= 15 is 0 Å². The minimum Gasteiger partial charge on any atom is -0.494 e. The van der Waals surface area contributed by atoms with Gasteiger partial charge in [0.05, 0.1) is 6.61 Å². The van der Waals surface area contributed by atoms with Gasteiger partial charge in [-0.25, -0.2) is 4.98 Å². The van der Waals surface area contributed by atoms with Gasteiger partial charge in [0, 0.05) is 60.4 Å². The molecule has 0 spiro atoms. The molecule has 2 aromatic rings. The molecule has 38 heavy (non-hydrogen) atoms. The Kier molecular flexibility index (Phi) is 7.40. The molecule has 0 saturated heterocycles. The molecule has 0 bridgehead atoms. The van der Waals surface area contributed by atoms with Crippen LogP contribution in [0, 0.1) is 0 Å². The van der Waals surface area contributed by atoms with Gasteiger partial charge in [0.15, 0.2) is 16.8 Å². The fraction of sp³-hybridized carbons (Fsp3) is 0.333. The molecule has 196 valence electrons. The number of fused-ring (bicyclic) bond motifs is 4. The predicted octanol–water partition coefficient (Wildman–Crippen LogP) is 5.16. The molecule has 2 aromatic carbocycles. The summed E-state index contributed by atoms with van der Waals surface area (Å²) in [4.78, 5) is 44.4. The number of anilines is 1. The van der Waals surface area contributed by atoms with Crippen LogP contribution in [0.4, 0.5) is 5.69 Å². The van der Waals surface area contributed by atoms with E-state index in [1.54, 1.807) is 6.07 Å². The summed E-state index contributed by atoms with van der Waals surface area (Å²) >= 11 is 0. The van der Waals surface area contributed by atoms with Crippen molar-refractivity contribution >= 4 is 39.4 Å². The summed E-state index contributed by atoms with van der Waals surface area (Å²) in [5.74, 6) is 0.655. The first kappa shape index (κ1) is 25.4. The highest BCUT2D eigenvalue weighted by Gasteiger charge is 2.22. The van der Waals surface area contributed by atoms with Crippen LogP contribution in [-0.4, -0.2) is 47.9 Å². The number of ether oxygens (including phenoxy) is 1. The molecular weight excluding hydrogens is 482 g/mol. The summed E-state index contributed by atoms with van der Waals surface area (Å²) in [5.41, 5.74) is 2.94. The minimum absolute atomic E-state index is 0.117. The molecule has 2 amide bonds. The molecule has 0 N–H and O–H groups in total. The molecule has 3 aliphatic rings. The molecule has 0 fully saturated rings. The maximum absolute atomic E-state index is 12.8. The molecule has 8 nitrogen and oxygen atoms in total. The Bertz CT molecular complexity index is 1540. The molecule has 0 unspecified atom stereocenters. The fourth-order valence-electron chi connectivity index (χ4n) is 4.88. The highest BCUT2D eigenvalue weighted by molar-refractivity contribution is 6.12. The number of aromatic nitrogens is 1. The topological polar surface area (TPSA) is 93.0 Å². The van der Waals surface area contributed by atoms with E-state index in [1.807, 2.05) is 30.3 Å². The van der Waals surface area contributed by atoms with E-state index in [1.165, 1.54) is 23.1 Å². The van der Waals surface area contributed by atoms with Crippen molar-refractivity contribution in [1.82, 2.24) is 9.88 Å². The van der Waals surface area contributed by atoms with Crippen molar-refractivity contribution in [2.24, 2.45) is 0 Å². The molecule has 5 rings (SSSR count). The van der Waals surface area contributed by atoms with Crippen LogP contribution in [0.1, 0.15) is 39.5 Å². The molecule has 0 radical (unpaired) electrons. The number of unbranched alkanes of at least 4 members (excludes halogenated alkanes) is 3. The van der Waals surface area contributed by atoms with Crippen LogP contribution < -0.4 is 15.1 Å². The predicted molar refractivity (Wildman–Crippen MR) is 148 cm³/mol. The number of carbonyl (C=O) groups excluding carboxylic acids is 2. The third kappa shape index (κ3) is 5.11. The zero-order valence-corrected chi connectivity index (χ0v) is 21.7. The number of carbonyl (C=O) groups is 2. The second kappa shape index (κ2) is 11.0. The van der Waals surface area contributed by atoms with E-state index in [4.69, 9.17) is 14.1 Å². The summed E-state index contributed by atoms with van der Waals surface area (Å²) in [7, 11) is 0. The summed E-state index contributed by atoms with van der Waals surface area (Å²) in [5, 5.41) is 1.28. The quantitative estimate of drug-likeness (QED) is 0.118. The van der Waals surface area contributed by atoms with Crippen LogP contribution >= 0.6 is 0 Å². The van der Waals surface area contributed by atoms with E-state index in [9.17, 15) is 14.4 Å². The lowest BCUT2D eigenvalue weighted by Crippen LogP contribution is -2.30. The Hall–Kier alpha value is -4.20. The third-order valence-electron chi connectivity index (χ3n) is 6.98.